The van der Waals surface area contributed by atoms with Gasteiger partial charge in [-0.1, -0.05) is 15.9 Å². The molecule has 1 N–H and O–H groups in total. The van der Waals surface area contributed by atoms with Crippen molar-refractivity contribution in [3.63, 3.8) is 0 Å². The average Bonchev–Trinajstić information content (AvgIpc) is 3.01. The molecule has 0 fully saturated rings. The van der Waals surface area contributed by atoms with Crippen LogP contribution < -0.4 is 0 Å². The normalized spacial score (nSPS) is 11.7. The molecule has 1 unspecified atom stereocenters. The van der Waals surface area contributed by atoms with Crippen molar-refractivity contribution in [3.8, 4) is 5.75 Å². The number of carbonyl (C=O) groups excluding carboxylic acids is 3. The number of aromatic hydroxyl groups is 1. The van der Waals surface area contributed by atoms with Gasteiger partial charge in [0, 0.05) is 15.5 Å². The summed E-state index contributed by atoms with van der Waals surface area (Å²) in [7, 11) is 0. The van der Waals surface area contributed by atoms with E-state index in [9.17, 15) is 19.5 Å². The number of nitrogens with zero attached hydrogens (tertiary/aromatic N) is 1. The van der Waals surface area contributed by atoms with Crippen LogP contribution in [0.2, 0.25) is 0 Å². The Bertz CT molecular complexity index is 834. The number of benzene rings is 1. The SMILES string of the molecule is CCOC(=O)C(C(=O)COC(=O)c1cc(Br)ccc1O)c1nc(C)cs1. The zero-order chi connectivity index (χ0) is 19.3. The molecule has 1 heterocycles. The van der Waals surface area contributed by atoms with Gasteiger partial charge in [-0.2, -0.15) is 0 Å². The van der Waals surface area contributed by atoms with Crippen LogP contribution in [0.15, 0.2) is 28.1 Å². The topological polar surface area (TPSA) is 103 Å². The number of esters is 2. The quantitative estimate of drug-likeness (QED) is 0.520. The summed E-state index contributed by atoms with van der Waals surface area (Å²) in [6, 6.07) is 4.25. The van der Waals surface area contributed by atoms with Crippen LogP contribution in [0.1, 0.15) is 33.9 Å². The second-order valence-corrected chi connectivity index (χ2v) is 7.02. The smallest absolute Gasteiger partial charge is 0.342 e. The first-order valence-corrected chi connectivity index (χ1v) is 9.27. The summed E-state index contributed by atoms with van der Waals surface area (Å²) in [6.07, 6.45) is 0. The van der Waals surface area contributed by atoms with Crippen molar-refractivity contribution in [2.24, 2.45) is 0 Å². The number of carbonyl (C=O) groups is 3. The highest BCUT2D eigenvalue weighted by Crippen LogP contribution is 2.25. The Labute approximate surface area is 162 Å². The maximum atomic E-state index is 12.5. The molecule has 26 heavy (non-hydrogen) atoms. The van der Waals surface area contributed by atoms with Gasteiger partial charge in [-0.25, -0.2) is 9.78 Å². The van der Waals surface area contributed by atoms with Crippen molar-refractivity contribution in [1.82, 2.24) is 4.98 Å². The summed E-state index contributed by atoms with van der Waals surface area (Å²) in [5.74, 6) is -3.80. The third-order valence-corrected chi connectivity index (χ3v) is 4.77. The van der Waals surface area contributed by atoms with Gasteiger partial charge in [-0.3, -0.25) is 9.59 Å². The fourth-order valence-electron chi connectivity index (χ4n) is 2.07. The lowest BCUT2D eigenvalue weighted by molar-refractivity contribution is -0.148. The second kappa shape index (κ2) is 8.91. The first-order chi connectivity index (χ1) is 12.3. The van der Waals surface area contributed by atoms with Gasteiger partial charge >= 0.3 is 11.9 Å². The Morgan fingerprint density at radius 1 is 1.31 bits per heavy atom. The molecule has 1 atom stereocenters. The Morgan fingerprint density at radius 3 is 2.65 bits per heavy atom. The number of aryl methyl sites for hydroxylation is 1. The first-order valence-electron chi connectivity index (χ1n) is 7.60. The van der Waals surface area contributed by atoms with E-state index in [4.69, 9.17) is 9.47 Å². The van der Waals surface area contributed by atoms with E-state index in [2.05, 4.69) is 20.9 Å². The Morgan fingerprint density at radius 2 is 2.04 bits per heavy atom. The zero-order valence-electron chi connectivity index (χ0n) is 14.0. The van der Waals surface area contributed by atoms with Crippen LogP contribution >= 0.6 is 27.3 Å². The summed E-state index contributed by atoms with van der Waals surface area (Å²) in [6.45, 7) is 2.83. The number of Topliss-reactive ketones (excluding diaryl/α,β-unsaturated/α-hetero) is 1. The molecule has 1 aromatic carbocycles. The number of phenols is 1. The predicted octanol–water partition coefficient (Wildman–Crippen LogP) is 2.99. The average molecular weight is 442 g/mol. The van der Waals surface area contributed by atoms with Crippen LogP contribution in [0, 0.1) is 6.92 Å². The Balaban J connectivity index is 2.13. The van der Waals surface area contributed by atoms with E-state index in [0.29, 0.717) is 10.2 Å². The summed E-state index contributed by atoms with van der Waals surface area (Å²) in [5, 5.41) is 11.7. The van der Waals surface area contributed by atoms with E-state index in [1.807, 2.05) is 0 Å². The van der Waals surface area contributed by atoms with E-state index in [1.54, 1.807) is 25.3 Å². The lowest BCUT2D eigenvalue weighted by Gasteiger charge is -2.13. The van der Waals surface area contributed by atoms with Crippen LogP contribution in [0.3, 0.4) is 0 Å². The maximum absolute atomic E-state index is 12.5. The minimum atomic E-state index is -1.25. The van der Waals surface area contributed by atoms with E-state index in [1.165, 1.54) is 12.1 Å². The van der Waals surface area contributed by atoms with E-state index in [-0.39, 0.29) is 22.9 Å². The molecule has 7 nitrogen and oxygen atoms in total. The molecule has 0 aliphatic carbocycles. The van der Waals surface area contributed by atoms with E-state index < -0.39 is 30.2 Å². The van der Waals surface area contributed by atoms with E-state index in [0.717, 1.165) is 11.3 Å². The highest BCUT2D eigenvalue weighted by molar-refractivity contribution is 9.10. The highest BCUT2D eigenvalue weighted by Gasteiger charge is 2.33. The van der Waals surface area contributed by atoms with Gasteiger partial charge < -0.3 is 14.6 Å². The first kappa shape index (κ1) is 20.1. The number of phenolic OH excluding ortho intramolecular Hbond substituents is 1. The fraction of sp³-hybridized carbons (Fsp3) is 0.294. The summed E-state index contributed by atoms with van der Waals surface area (Å²) < 4.78 is 10.5. The number of ether oxygens (including phenoxy) is 2. The lowest BCUT2D eigenvalue weighted by atomic mass is 10.1. The summed E-state index contributed by atoms with van der Waals surface area (Å²) in [4.78, 5) is 40.9. The zero-order valence-corrected chi connectivity index (χ0v) is 16.4. The van der Waals surface area contributed by atoms with E-state index >= 15 is 0 Å². The molecule has 138 valence electrons. The van der Waals surface area contributed by atoms with Gasteiger partial charge in [-0.15, -0.1) is 11.3 Å². The molecule has 0 aliphatic rings. The fourth-order valence-corrected chi connectivity index (χ4v) is 3.34. The van der Waals surface area contributed by atoms with Crippen LogP contribution in [-0.2, 0) is 19.1 Å². The molecule has 9 heteroatoms. The van der Waals surface area contributed by atoms with Crippen LogP contribution in [0.25, 0.3) is 0 Å². The van der Waals surface area contributed by atoms with Crippen molar-refractivity contribution in [2.75, 3.05) is 13.2 Å². The number of ketones is 1. The molecule has 0 bridgehead atoms. The molecule has 0 spiro atoms. The molecular weight excluding hydrogens is 426 g/mol. The molecule has 0 saturated carbocycles. The molecular formula is C17H16BrNO6S. The number of halogens is 1. The maximum Gasteiger partial charge on any atom is 0.342 e. The number of thiazole rings is 1. The molecule has 0 saturated heterocycles. The van der Waals surface area contributed by atoms with Gasteiger partial charge in [0.2, 0.25) is 0 Å². The van der Waals surface area contributed by atoms with Gasteiger partial charge in [0.05, 0.1) is 6.61 Å². The minimum absolute atomic E-state index is 0.0926. The third kappa shape index (κ3) is 4.89. The molecule has 0 aliphatic heterocycles. The highest BCUT2D eigenvalue weighted by atomic mass is 79.9. The molecule has 0 amide bonds. The predicted molar refractivity (Wildman–Crippen MR) is 97.3 cm³/mol. The third-order valence-electron chi connectivity index (χ3n) is 3.25. The summed E-state index contributed by atoms with van der Waals surface area (Å²) >= 11 is 4.34. The summed E-state index contributed by atoms with van der Waals surface area (Å²) in [5.41, 5.74) is 0.577. The number of hydrogen-bond acceptors (Lipinski definition) is 8. The standard InChI is InChI=1S/C17H16BrNO6S/c1-3-24-17(23)14(15-19-9(2)8-26-15)13(21)7-25-16(22)11-6-10(18)4-5-12(11)20/h4-6,8,14,20H,3,7H2,1-2H3. The molecule has 2 aromatic rings. The molecule has 2 rings (SSSR count). The van der Waals surface area contributed by atoms with Gasteiger partial charge in [0.1, 0.15) is 16.3 Å². The van der Waals surface area contributed by atoms with Crippen molar-refractivity contribution < 1.29 is 29.0 Å². The van der Waals surface area contributed by atoms with Crippen LogP contribution in [-0.4, -0.2) is 41.0 Å². The largest absolute Gasteiger partial charge is 0.507 e. The number of aromatic nitrogens is 1. The van der Waals surface area contributed by atoms with Crippen molar-refractivity contribution in [1.29, 1.82) is 0 Å². The molecule has 0 radical (unpaired) electrons. The van der Waals surface area contributed by atoms with Crippen LogP contribution in [0.4, 0.5) is 0 Å². The van der Waals surface area contributed by atoms with Crippen molar-refractivity contribution in [2.45, 2.75) is 19.8 Å². The van der Waals surface area contributed by atoms with Crippen LogP contribution in [0.5, 0.6) is 5.75 Å². The van der Waals surface area contributed by atoms with Crippen molar-refractivity contribution in [3.05, 3.63) is 44.3 Å². The van der Waals surface area contributed by atoms with Gasteiger partial charge in [0.25, 0.3) is 0 Å². The second-order valence-electron chi connectivity index (χ2n) is 5.22. The Hall–Kier alpha value is -2.26. The monoisotopic (exact) mass is 441 g/mol. The minimum Gasteiger partial charge on any atom is -0.507 e. The lowest BCUT2D eigenvalue weighted by Crippen LogP contribution is -2.28. The van der Waals surface area contributed by atoms with Crippen molar-refractivity contribution >= 4 is 45.0 Å². The molecule has 1 aromatic heterocycles. The Kier molecular flexibility index (Phi) is 6.87. The van der Waals surface area contributed by atoms with Gasteiger partial charge in [-0.05, 0) is 32.0 Å². The number of rotatable bonds is 7. The van der Waals surface area contributed by atoms with Gasteiger partial charge in [0.15, 0.2) is 18.3 Å². The number of hydrogen-bond donors (Lipinski definition) is 1.